The van der Waals surface area contributed by atoms with Gasteiger partial charge in [0.1, 0.15) is 11.0 Å². The Morgan fingerprint density at radius 2 is 2.13 bits per heavy atom. The molecule has 1 unspecified atom stereocenters. The van der Waals surface area contributed by atoms with Gasteiger partial charge in [-0.05, 0) is 12.1 Å². The van der Waals surface area contributed by atoms with Crippen LogP contribution in [0.5, 0.6) is 0 Å². The Hall–Kier alpha value is -2.81. The lowest BCUT2D eigenvalue weighted by molar-refractivity contribution is -0.143. The first-order valence-electron chi connectivity index (χ1n) is 6.62. The monoisotopic (exact) mass is 334 g/mol. The van der Waals surface area contributed by atoms with Gasteiger partial charge in [0.25, 0.3) is 0 Å². The average Bonchev–Trinajstić information content (AvgIpc) is 2.95. The number of nitrogens with zero attached hydrogens (tertiary/aromatic N) is 2. The zero-order valence-corrected chi connectivity index (χ0v) is 12.7. The molecule has 0 saturated heterocycles. The summed E-state index contributed by atoms with van der Waals surface area (Å²) in [5, 5.41) is 13.6. The molecule has 2 rings (SSSR count). The van der Waals surface area contributed by atoms with Crippen molar-refractivity contribution in [1.82, 2.24) is 15.3 Å². The van der Waals surface area contributed by atoms with Gasteiger partial charge < -0.3 is 16.2 Å². The molecule has 2 heterocycles. The molecule has 120 valence electrons. The standard InChI is InChI=1S/C14H14N4O4S/c15-11(19)6-10(14(21)22)18-12(20)5-8-7-23-13(17-8)9-3-1-2-4-16-9/h1-4,7,10H,5-6H2,(H2,15,19)(H,18,20)(H,21,22). The summed E-state index contributed by atoms with van der Waals surface area (Å²) in [5.41, 5.74) is 6.15. The number of amides is 2. The molecule has 23 heavy (non-hydrogen) atoms. The van der Waals surface area contributed by atoms with E-state index in [4.69, 9.17) is 10.8 Å². The molecule has 2 aromatic rings. The first-order valence-corrected chi connectivity index (χ1v) is 7.50. The Kier molecular flexibility index (Phi) is 5.36. The van der Waals surface area contributed by atoms with E-state index < -0.39 is 30.2 Å². The highest BCUT2D eigenvalue weighted by Gasteiger charge is 2.22. The lowest BCUT2D eigenvalue weighted by atomic mass is 10.2. The molecule has 8 nitrogen and oxygen atoms in total. The van der Waals surface area contributed by atoms with Gasteiger partial charge in [0.15, 0.2) is 0 Å². The van der Waals surface area contributed by atoms with Gasteiger partial charge in [0, 0.05) is 11.6 Å². The molecule has 1 atom stereocenters. The molecule has 0 aromatic carbocycles. The maximum atomic E-state index is 11.9. The molecule has 0 bridgehead atoms. The number of aromatic nitrogens is 2. The molecular formula is C14H14N4O4S. The predicted molar refractivity (Wildman–Crippen MR) is 82.4 cm³/mol. The number of rotatable bonds is 7. The Bertz CT molecular complexity index is 717. The molecule has 2 aromatic heterocycles. The third-order valence-corrected chi connectivity index (χ3v) is 3.73. The quantitative estimate of drug-likeness (QED) is 0.661. The SMILES string of the molecule is NC(=O)CC(NC(=O)Cc1csc(-c2ccccn2)n1)C(=O)O. The van der Waals surface area contributed by atoms with Gasteiger partial charge in [-0.25, -0.2) is 9.78 Å². The van der Waals surface area contributed by atoms with E-state index in [2.05, 4.69) is 15.3 Å². The topological polar surface area (TPSA) is 135 Å². The molecule has 0 aliphatic rings. The van der Waals surface area contributed by atoms with Crippen LogP contribution < -0.4 is 11.1 Å². The number of thiazole rings is 1. The number of pyridine rings is 1. The number of carboxylic acid groups (broad SMARTS) is 1. The van der Waals surface area contributed by atoms with Gasteiger partial charge in [0.2, 0.25) is 11.8 Å². The second-order valence-corrected chi connectivity index (χ2v) is 5.52. The molecule has 4 N–H and O–H groups in total. The van der Waals surface area contributed by atoms with Crippen molar-refractivity contribution in [2.24, 2.45) is 5.73 Å². The van der Waals surface area contributed by atoms with Gasteiger partial charge in [-0.2, -0.15) is 0 Å². The van der Waals surface area contributed by atoms with Crippen LogP contribution in [0.2, 0.25) is 0 Å². The maximum Gasteiger partial charge on any atom is 0.326 e. The normalized spacial score (nSPS) is 11.7. The minimum atomic E-state index is -1.34. The van der Waals surface area contributed by atoms with Crippen molar-refractivity contribution in [1.29, 1.82) is 0 Å². The molecule has 2 amide bonds. The number of primary amides is 1. The molecule has 0 saturated carbocycles. The fourth-order valence-electron chi connectivity index (χ4n) is 1.81. The zero-order valence-electron chi connectivity index (χ0n) is 11.9. The van der Waals surface area contributed by atoms with E-state index in [1.807, 2.05) is 6.07 Å². The highest BCUT2D eigenvalue weighted by Crippen LogP contribution is 2.21. The smallest absolute Gasteiger partial charge is 0.326 e. The van der Waals surface area contributed by atoms with E-state index in [0.717, 1.165) is 0 Å². The molecular weight excluding hydrogens is 320 g/mol. The summed E-state index contributed by atoms with van der Waals surface area (Å²) in [4.78, 5) is 42.1. The summed E-state index contributed by atoms with van der Waals surface area (Å²) in [6.07, 6.45) is 1.09. The predicted octanol–water partition coefficient (Wildman–Crippen LogP) is 0.192. The number of carboxylic acids is 1. The van der Waals surface area contributed by atoms with Gasteiger partial charge in [-0.1, -0.05) is 6.07 Å². The first kappa shape index (κ1) is 16.6. The third kappa shape index (κ3) is 4.85. The largest absolute Gasteiger partial charge is 0.480 e. The van der Waals surface area contributed by atoms with E-state index in [9.17, 15) is 14.4 Å². The number of carbonyl (C=O) groups excluding carboxylic acids is 2. The van der Waals surface area contributed by atoms with Crippen LogP contribution in [0, 0.1) is 0 Å². The number of aliphatic carboxylic acids is 1. The van der Waals surface area contributed by atoms with Crippen molar-refractivity contribution in [2.45, 2.75) is 18.9 Å². The molecule has 9 heteroatoms. The lowest BCUT2D eigenvalue weighted by Crippen LogP contribution is -2.43. The molecule has 0 spiro atoms. The van der Waals surface area contributed by atoms with Crippen LogP contribution >= 0.6 is 11.3 Å². The highest BCUT2D eigenvalue weighted by atomic mass is 32.1. The minimum absolute atomic E-state index is 0.0914. The second-order valence-electron chi connectivity index (χ2n) is 4.66. The molecule has 0 aliphatic heterocycles. The van der Waals surface area contributed by atoms with E-state index in [1.165, 1.54) is 11.3 Å². The van der Waals surface area contributed by atoms with Crippen molar-refractivity contribution >= 4 is 29.1 Å². The van der Waals surface area contributed by atoms with Gasteiger partial charge in [0.05, 0.1) is 24.2 Å². The Morgan fingerprint density at radius 1 is 1.35 bits per heavy atom. The van der Waals surface area contributed by atoms with Crippen LogP contribution in [0.25, 0.3) is 10.7 Å². The van der Waals surface area contributed by atoms with E-state index in [-0.39, 0.29) is 6.42 Å². The van der Waals surface area contributed by atoms with Gasteiger partial charge in [-0.3, -0.25) is 14.6 Å². The lowest BCUT2D eigenvalue weighted by Gasteiger charge is -2.12. The number of carbonyl (C=O) groups is 3. The Balaban J connectivity index is 1.99. The van der Waals surface area contributed by atoms with Crippen LogP contribution in [0.15, 0.2) is 29.8 Å². The summed E-state index contributed by atoms with van der Waals surface area (Å²) in [5.74, 6) is -2.66. The van der Waals surface area contributed by atoms with Crippen molar-refractivity contribution in [3.8, 4) is 10.7 Å². The minimum Gasteiger partial charge on any atom is -0.480 e. The zero-order chi connectivity index (χ0) is 16.8. The van der Waals surface area contributed by atoms with Crippen molar-refractivity contribution < 1.29 is 19.5 Å². The average molecular weight is 334 g/mol. The summed E-state index contributed by atoms with van der Waals surface area (Å²) >= 11 is 1.34. The Labute approximate surface area is 135 Å². The fraction of sp³-hybridized carbons (Fsp3) is 0.214. The highest BCUT2D eigenvalue weighted by molar-refractivity contribution is 7.13. The number of nitrogens with two attached hydrogens (primary N) is 1. The van der Waals surface area contributed by atoms with Crippen LogP contribution in [0.4, 0.5) is 0 Å². The van der Waals surface area contributed by atoms with Gasteiger partial charge >= 0.3 is 5.97 Å². The maximum absolute atomic E-state index is 11.9. The fourth-order valence-corrected chi connectivity index (χ4v) is 2.60. The number of hydrogen-bond acceptors (Lipinski definition) is 6. The van der Waals surface area contributed by atoms with Gasteiger partial charge in [-0.15, -0.1) is 11.3 Å². The third-order valence-electron chi connectivity index (χ3n) is 2.82. The van der Waals surface area contributed by atoms with Crippen LogP contribution in [-0.2, 0) is 20.8 Å². The second kappa shape index (κ2) is 7.45. The van der Waals surface area contributed by atoms with Crippen LogP contribution in [0.1, 0.15) is 12.1 Å². The summed E-state index contributed by atoms with van der Waals surface area (Å²) < 4.78 is 0. The van der Waals surface area contributed by atoms with Crippen LogP contribution in [0.3, 0.4) is 0 Å². The van der Waals surface area contributed by atoms with Crippen molar-refractivity contribution in [2.75, 3.05) is 0 Å². The summed E-state index contributed by atoms with van der Waals surface area (Å²) in [7, 11) is 0. The first-order chi connectivity index (χ1) is 11.0. The van der Waals surface area contributed by atoms with Crippen molar-refractivity contribution in [3.63, 3.8) is 0 Å². The molecule has 0 fully saturated rings. The molecule has 0 radical (unpaired) electrons. The van der Waals surface area contributed by atoms with Crippen LogP contribution in [-0.4, -0.2) is 38.9 Å². The molecule has 0 aliphatic carbocycles. The van der Waals surface area contributed by atoms with E-state index in [0.29, 0.717) is 16.4 Å². The number of nitrogens with one attached hydrogen (secondary N) is 1. The number of hydrogen-bond donors (Lipinski definition) is 3. The summed E-state index contributed by atoms with van der Waals surface area (Å²) in [6, 6.07) is 4.08. The summed E-state index contributed by atoms with van der Waals surface area (Å²) in [6.45, 7) is 0. The van der Waals surface area contributed by atoms with E-state index >= 15 is 0 Å². The Morgan fingerprint density at radius 3 is 2.74 bits per heavy atom. The van der Waals surface area contributed by atoms with Crippen molar-refractivity contribution in [3.05, 3.63) is 35.5 Å². The van der Waals surface area contributed by atoms with E-state index in [1.54, 1.807) is 23.7 Å².